The lowest BCUT2D eigenvalue weighted by Crippen LogP contribution is -2.94. The minimum absolute atomic E-state index is 0.00910. The molecule has 0 bridgehead atoms. The van der Waals surface area contributed by atoms with Crippen LogP contribution in [0.3, 0.4) is 0 Å². The number of halogens is 1. The fourth-order valence-electron chi connectivity index (χ4n) is 1.93. The van der Waals surface area contributed by atoms with Crippen molar-refractivity contribution in [3.05, 3.63) is 34.3 Å². The van der Waals surface area contributed by atoms with Crippen LogP contribution < -0.4 is 10.4 Å². The van der Waals surface area contributed by atoms with E-state index in [9.17, 15) is 15.0 Å². The van der Waals surface area contributed by atoms with Crippen molar-refractivity contribution in [2.75, 3.05) is 6.54 Å². The number of quaternary nitrogens is 1. The molecular formula is C14H20BrNO3. The third kappa shape index (κ3) is 5.30. The first kappa shape index (κ1) is 16.1. The number of aliphatic hydroxyl groups is 1. The van der Waals surface area contributed by atoms with E-state index >= 15 is 0 Å². The van der Waals surface area contributed by atoms with Crippen LogP contribution >= 0.6 is 15.9 Å². The Hall–Kier alpha value is -0.910. The average Bonchev–Trinajstić information content (AvgIpc) is 2.34. The first-order valence-electron chi connectivity index (χ1n) is 6.39. The summed E-state index contributed by atoms with van der Waals surface area (Å²) in [6, 6.07) is 6.90. The molecule has 1 aromatic rings. The molecule has 0 heterocycles. The zero-order valence-electron chi connectivity index (χ0n) is 11.2. The summed E-state index contributed by atoms with van der Waals surface area (Å²) in [5.41, 5.74) is 0.839. The highest BCUT2D eigenvalue weighted by molar-refractivity contribution is 9.10. The number of nitrogens with two attached hydrogens (primary N) is 1. The summed E-state index contributed by atoms with van der Waals surface area (Å²) in [7, 11) is 0. The van der Waals surface area contributed by atoms with Gasteiger partial charge >= 0.3 is 0 Å². The maximum atomic E-state index is 10.9. The molecule has 0 aliphatic heterocycles. The van der Waals surface area contributed by atoms with Gasteiger partial charge in [-0.15, -0.1) is 0 Å². The van der Waals surface area contributed by atoms with Gasteiger partial charge in [0.15, 0.2) is 0 Å². The number of hydrogen-bond acceptors (Lipinski definition) is 3. The smallest absolute Gasteiger partial charge is 0.128 e. The molecule has 0 aliphatic carbocycles. The SMILES string of the molecule is CC(C)[C@@H]([NH2+]CC[C@H](O)c1ccc(Br)cc1)C(=O)[O-]. The average molecular weight is 330 g/mol. The van der Waals surface area contributed by atoms with Crippen LogP contribution in [0, 0.1) is 5.92 Å². The van der Waals surface area contributed by atoms with Gasteiger partial charge < -0.3 is 20.3 Å². The Kier molecular flexibility index (Phi) is 6.48. The second kappa shape index (κ2) is 7.62. The number of hydrogen-bond donors (Lipinski definition) is 2. The lowest BCUT2D eigenvalue weighted by molar-refractivity contribution is -0.690. The zero-order valence-corrected chi connectivity index (χ0v) is 12.8. The van der Waals surface area contributed by atoms with Crippen LogP contribution in [0.4, 0.5) is 0 Å². The highest BCUT2D eigenvalue weighted by Crippen LogP contribution is 2.18. The van der Waals surface area contributed by atoms with Gasteiger partial charge in [0.05, 0.1) is 18.6 Å². The summed E-state index contributed by atoms with van der Waals surface area (Å²) < 4.78 is 0.965. The third-order valence-electron chi connectivity index (χ3n) is 3.11. The van der Waals surface area contributed by atoms with Gasteiger partial charge in [-0.05, 0) is 17.7 Å². The summed E-state index contributed by atoms with van der Waals surface area (Å²) in [5.74, 6) is -1.04. The van der Waals surface area contributed by atoms with E-state index in [4.69, 9.17) is 0 Å². The standard InChI is InChI=1S/C14H20BrNO3/c1-9(2)13(14(18)19)16-8-7-12(17)10-3-5-11(15)6-4-10/h3-6,9,12-13,16-17H,7-8H2,1-2H3,(H,18,19)/t12-,13+/m0/s1. The van der Waals surface area contributed by atoms with Gasteiger partial charge in [0.1, 0.15) is 6.04 Å². The van der Waals surface area contributed by atoms with Crippen LogP contribution in [-0.2, 0) is 4.79 Å². The van der Waals surface area contributed by atoms with E-state index < -0.39 is 18.1 Å². The van der Waals surface area contributed by atoms with Crippen LogP contribution in [0.1, 0.15) is 31.9 Å². The molecule has 2 atom stereocenters. The van der Waals surface area contributed by atoms with Crippen LogP contribution in [-0.4, -0.2) is 23.7 Å². The first-order chi connectivity index (χ1) is 8.91. The van der Waals surface area contributed by atoms with Gasteiger partial charge in [0.2, 0.25) is 0 Å². The van der Waals surface area contributed by atoms with Crippen LogP contribution in [0.15, 0.2) is 28.7 Å². The number of carbonyl (C=O) groups excluding carboxylic acids is 1. The van der Waals surface area contributed by atoms with Crippen molar-refractivity contribution in [2.24, 2.45) is 5.92 Å². The maximum absolute atomic E-state index is 10.9. The van der Waals surface area contributed by atoms with Crippen molar-refractivity contribution in [3.8, 4) is 0 Å². The number of benzene rings is 1. The lowest BCUT2D eigenvalue weighted by atomic mass is 10.0. The second-order valence-corrected chi connectivity index (χ2v) is 5.88. The minimum atomic E-state index is -1.05. The molecule has 0 unspecified atom stereocenters. The molecule has 0 saturated heterocycles. The summed E-state index contributed by atoms with van der Waals surface area (Å²) >= 11 is 3.34. The molecule has 1 aromatic carbocycles. The molecule has 4 nitrogen and oxygen atoms in total. The number of aliphatic carboxylic acids is 1. The molecule has 0 radical (unpaired) electrons. The van der Waals surface area contributed by atoms with Crippen molar-refractivity contribution < 1.29 is 20.3 Å². The topological polar surface area (TPSA) is 77.0 Å². The Morgan fingerprint density at radius 2 is 1.95 bits per heavy atom. The van der Waals surface area contributed by atoms with E-state index in [2.05, 4.69) is 15.9 Å². The minimum Gasteiger partial charge on any atom is -0.544 e. The highest BCUT2D eigenvalue weighted by Gasteiger charge is 2.18. The quantitative estimate of drug-likeness (QED) is 0.750. The number of carboxylic acid groups (broad SMARTS) is 1. The van der Waals surface area contributed by atoms with Gasteiger partial charge in [-0.2, -0.15) is 0 Å². The Morgan fingerprint density at radius 3 is 2.42 bits per heavy atom. The Balaban J connectivity index is 2.44. The summed E-state index contributed by atoms with van der Waals surface area (Å²) in [5, 5.41) is 22.6. The molecule has 0 aromatic heterocycles. The molecule has 19 heavy (non-hydrogen) atoms. The fourth-order valence-corrected chi connectivity index (χ4v) is 2.19. The highest BCUT2D eigenvalue weighted by atomic mass is 79.9. The molecule has 0 spiro atoms. The molecule has 0 aliphatic rings. The van der Waals surface area contributed by atoms with Crippen molar-refractivity contribution in [2.45, 2.75) is 32.4 Å². The van der Waals surface area contributed by atoms with Crippen molar-refractivity contribution >= 4 is 21.9 Å². The predicted octanol–water partition coefficient (Wildman–Crippen LogP) is 0.210. The summed E-state index contributed by atoms with van der Waals surface area (Å²) in [4.78, 5) is 10.9. The van der Waals surface area contributed by atoms with Crippen molar-refractivity contribution in [3.63, 3.8) is 0 Å². The molecular weight excluding hydrogens is 310 g/mol. The van der Waals surface area contributed by atoms with Crippen molar-refractivity contribution in [1.82, 2.24) is 0 Å². The van der Waals surface area contributed by atoms with E-state index in [0.717, 1.165) is 10.0 Å². The van der Waals surface area contributed by atoms with Crippen LogP contribution in [0.25, 0.3) is 0 Å². The molecule has 0 amide bonds. The third-order valence-corrected chi connectivity index (χ3v) is 3.63. The fraction of sp³-hybridized carbons (Fsp3) is 0.500. The molecule has 106 valence electrons. The number of aliphatic hydroxyl groups excluding tert-OH is 1. The molecule has 0 fully saturated rings. The Labute approximate surface area is 122 Å². The normalized spacial score (nSPS) is 14.4. The molecule has 0 saturated carbocycles. The van der Waals surface area contributed by atoms with Crippen LogP contribution in [0.2, 0.25) is 0 Å². The zero-order chi connectivity index (χ0) is 14.4. The van der Waals surface area contributed by atoms with Gasteiger partial charge in [0.25, 0.3) is 0 Å². The van der Waals surface area contributed by atoms with E-state index in [1.165, 1.54) is 0 Å². The van der Waals surface area contributed by atoms with Crippen LogP contribution in [0.5, 0.6) is 0 Å². The monoisotopic (exact) mass is 329 g/mol. The van der Waals surface area contributed by atoms with E-state index in [-0.39, 0.29) is 5.92 Å². The van der Waals surface area contributed by atoms with Gasteiger partial charge in [-0.25, -0.2) is 0 Å². The largest absolute Gasteiger partial charge is 0.544 e. The Morgan fingerprint density at radius 1 is 1.37 bits per heavy atom. The molecule has 5 heteroatoms. The molecule has 3 N–H and O–H groups in total. The number of rotatable bonds is 7. The lowest BCUT2D eigenvalue weighted by Gasteiger charge is -2.20. The van der Waals surface area contributed by atoms with Gasteiger partial charge in [-0.3, -0.25) is 0 Å². The van der Waals surface area contributed by atoms with Gasteiger partial charge in [-0.1, -0.05) is 41.9 Å². The van der Waals surface area contributed by atoms with E-state index in [1.807, 2.05) is 38.1 Å². The predicted molar refractivity (Wildman–Crippen MR) is 74.1 cm³/mol. The van der Waals surface area contributed by atoms with Crippen molar-refractivity contribution in [1.29, 1.82) is 0 Å². The first-order valence-corrected chi connectivity index (χ1v) is 7.19. The summed E-state index contributed by atoms with van der Waals surface area (Å²) in [6.07, 6.45) is -0.0584. The molecule has 1 rings (SSSR count). The second-order valence-electron chi connectivity index (χ2n) is 4.97. The Bertz CT molecular complexity index is 406. The maximum Gasteiger partial charge on any atom is 0.128 e. The number of carboxylic acids is 1. The van der Waals surface area contributed by atoms with E-state index in [1.54, 1.807) is 5.32 Å². The van der Waals surface area contributed by atoms with Gasteiger partial charge in [0, 0.05) is 16.8 Å². The van der Waals surface area contributed by atoms with E-state index in [0.29, 0.717) is 13.0 Å². The number of carbonyl (C=O) groups is 1. The summed E-state index contributed by atoms with van der Waals surface area (Å²) in [6.45, 7) is 4.25.